The predicted octanol–water partition coefficient (Wildman–Crippen LogP) is 3.37. The summed E-state index contributed by atoms with van der Waals surface area (Å²) in [5, 5.41) is 9.74. The molecule has 0 aromatic heterocycles. The third-order valence-corrected chi connectivity index (χ3v) is 7.56. The van der Waals surface area contributed by atoms with Gasteiger partial charge in [0.05, 0.1) is 17.4 Å². The van der Waals surface area contributed by atoms with Crippen LogP contribution in [0.2, 0.25) is 0 Å². The summed E-state index contributed by atoms with van der Waals surface area (Å²) in [4.78, 5) is 44.4. The third-order valence-electron chi connectivity index (χ3n) is 7.56. The summed E-state index contributed by atoms with van der Waals surface area (Å²) in [5.41, 5.74) is 3.46. The van der Waals surface area contributed by atoms with Crippen molar-refractivity contribution < 1.29 is 19.5 Å². The molecule has 0 radical (unpaired) electrons. The van der Waals surface area contributed by atoms with Crippen molar-refractivity contribution in [3.8, 4) is 11.1 Å². The molecule has 8 nitrogen and oxygen atoms in total. The molecule has 0 bridgehead atoms. The van der Waals surface area contributed by atoms with E-state index in [1.54, 1.807) is 17.0 Å². The Bertz CT molecular complexity index is 1150. The van der Waals surface area contributed by atoms with Crippen molar-refractivity contribution in [1.29, 1.82) is 0 Å². The minimum absolute atomic E-state index is 0.0583. The molecule has 178 valence electrons. The van der Waals surface area contributed by atoms with Crippen LogP contribution < -0.4 is 9.80 Å². The van der Waals surface area contributed by atoms with Crippen molar-refractivity contribution in [3.63, 3.8) is 0 Å². The molecule has 0 aliphatic carbocycles. The second kappa shape index (κ2) is 8.43. The number of nitrogens with zero attached hydrogens (tertiary/aromatic N) is 4. The number of carbonyl (C=O) groups excluding carboxylic acids is 2. The van der Waals surface area contributed by atoms with Gasteiger partial charge in [-0.05, 0) is 68.2 Å². The Morgan fingerprint density at radius 2 is 1.65 bits per heavy atom. The Balaban J connectivity index is 1.40. The third kappa shape index (κ3) is 3.72. The highest BCUT2D eigenvalue weighted by molar-refractivity contribution is 6.03. The number of likely N-dealkylation sites (N-methyl/N-ethyl adjacent to an activating group) is 1. The number of hydrogen-bond donors (Lipinski definition) is 1. The highest BCUT2D eigenvalue weighted by atomic mass is 16.4. The molecule has 3 heterocycles. The van der Waals surface area contributed by atoms with Gasteiger partial charge in [0.25, 0.3) is 5.91 Å². The molecule has 5 rings (SSSR count). The maximum absolute atomic E-state index is 13.1. The molecule has 2 aromatic rings. The van der Waals surface area contributed by atoms with Crippen molar-refractivity contribution >= 4 is 29.3 Å². The lowest BCUT2D eigenvalue weighted by Crippen LogP contribution is -2.51. The maximum atomic E-state index is 13.1. The van der Waals surface area contributed by atoms with E-state index in [-0.39, 0.29) is 24.4 Å². The lowest BCUT2D eigenvalue weighted by molar-refractivity contribution is -0.117. The topological polar surface area (TPSA) is 84.4 Å². The second-order valence-electron chi connectivity index (χ2n) is 9.72. The number of fused-ring (bicyclic) bond motifs is 2. The molecule has 2 saturated heterocycles. The van der Waals surface area contributed by atoms with E-state index in [0.29, 0.717) is 28.9 Å². The first-order valence-electron chi connectivity index (χ1n) is 11.8. The summed E-state index contributed by atoms with van der Waals surface area (Å²) in [6, 6.07) is 13.2. The molecule has 0 saturated carbocycles. The van der Waals surface area contributed by atoms with Crippen molar-refractivity contribution in [3.05, 3.63) is 48.0 Å². The average molecular weight is 463 g/mol. The summed E-state index contributed by atoms with van der Waals surface area (Å²) >= 11 is 0. The van der Waals surface area contributed by atoms with Crippen LogP contribution in [0.25, 0.3) is 11.1 Å². The maximum Gasteiger partial charge on any atom is 0.411 e. The van der Waals surface area contributed by atoms with Gasteiger partial charge in [-0.15, -0.1) is 0 Å². The predicted molar refractivity (Wildman–Crippen MR) is 130 cm³/mol. The highest BCUT2D eigenvalue weighted by Gasteiger charge is 2.41. The van der Waals surface area contributed by atoms with Gasteiger partial charge in [0.15, 0.2) is 0 Å². The van der Waals surface area contributed by atoms with Gasteiger partial charge in [-0.25, -0.2) is 4.79 Å². The molecule has 3 atom stereocenters. The van der Waals surface area contributed by atoms with Crippen molar-refractivity contribution in [2.75, 3.05) is 43.0 Å². The molecular formula is C26H30N4O4. The first-order valence-corrected chi connectivity index (χ1v) is 11.8. The first kappa shape index (κ1) is 22.4. The van der Waals surface area contributed by atoms with Crippen LogP contribution in [-0.4, -0.2) is 78.1 Å². The number of amides is 3. The van der Waals surface area contributed by atoms with Gasteiger partial charge >= 0.3 is 6.09 Å². The fourth-order valence-corrected chi connectivity index (χ4v) is 5.79. The average Bonchev–Trinajstić information content (AvgIpc) is 3.39. The Hall–Kier alpha value is -3.39. The summed E-state index contributed by atoms with van der Waals surface area (Å²) in [6.07, 6.45) is 0.102. The molecular weight excluding hydrogens is 432 g/mol. The molecule has 3 aliphatic rings. The summed E-state index contributed by atoms with van der Waals surface area (Å²) < 4.78 is 0. The molecule has 0 spiro atoms. The largest absolute Gasteiger partial charge is 0.465 e. The molecule has 1 N–H and O–H groups in total. The molecule has 2 aromatic carbocycles. The lowest BCUT2D eigenvalue weighted by Gasteiger charge is -2.39. The molecule has 3 aliphatic heterocycles. The van der Waals surface area contributed by atoms with Gasteiger partial charge in [-0.2, -0.15) is 0 Å². The minimum Gasteiger partial charge on any atom is -0.465 e. The van der Waals surface area contributed by atoms with Gasteiger partial charge in [-0.1, -0.05) is 18.2 Å². The molecule has 34 heavy (non-hydrogen) atoms. The zero-order valence-corrected chi connectivity index (χ0v) is 19.8. The molecule has 3 amide bonds. The molecule has 2 fully saturated rings. The van der Waals surface area contributed by atoms with Crippen LogP contribution in [0.5, 0.6) is 0 Å². The van der Waals surface area contributed by atoms with Crippen LogP contribution in [0.4, 0.5) is 16.2 Å². The van der Waals surface area contributed by atoms with E-state index in [0.717, 1.165) is 37.2 Å². The fourth-order valence-electron chi connectivity index (χ4n) is 5.79. The standard InChI is InChI=1S/C26H30N4O4/c1-16-13-29(26(33)34)23-12-20(8-9-22(23)30(16)17(2)31)18-4-6-19(7-5-18)25(32)28-14-21-10-11-27(3)24(21)15-28/h4-9,12,16,21,24H,10-11,13-15H2,1-3H3,(H,33,34)/t16-,21+,24-/m0/s1. The van der Waals surface area contributed by atoms with Crippen LogP contribution in [-0.2, 0) is 4.79 Å². The zero-order valence-electron chi connectivity index (χ0n) is 19.8. The van der Waals surface area contributed by atoms with Crippen LogP contribution in [0, 0.1) is 5.92 Å². The van der Waals surface area contributed by atoms with E-state index in [2.05, 4.69) is 11.9 Å². The van der Waals surface area contributed by atoms with Gasteiger partial charge in [0, 0.05) is 38.2 Å². The zero-order chi connectivity index (χ0) is 24.1. The van der Waals surface area contributed by atoms with E-state index < -0.39 is 6.09 Å². The van der Waals surface area contributed by atoms with Crippen LogP contribution in [0.3, 0.4) is 0 Å². The van der Waals surface area contributed by atoms with E-state index >= 15 is 0 Å². The van der Waals surface area contributed by atoms with Crippen LogP contribution >= 0.6 is 0 Å². The van der Waals surface area contributed by atoms with Crippen molar-refractivity contribution in [2.45, 2.75) is 32.4 Å². The Morgan fingerprint density at radius 1 is 0.941 bits per heavy atom. The Labute approximate surface area is 199 Å². The van der Waals surface area contributed by atoms with Crippen molar-refractivity contribution in [2.24, 2.45) is 5.92 Å². The minimum atomic E-state index is -1.05. The second-order valence-corrected chi connectivity index (χ2v) is 9.72. The number of rotatable bonds is 2. The smallest absolute Gasteiger partial charge is 0.411 e. The summed E-state index contributed by atoms with van der Waals surface area (Å²) in [6.45, 7) is 6.25. The molecule has 0 unspecified atom stereocenters. The van der Waals surface area contributed by atoms with E-state index in [1.807, 2.05) is 42.2 Å². The van der Waals surface area contributed by atoms with Crippen LogP contribution in [0.15, 0.2) is 42.5 Å². The van der Waals surface area contributed by atoms with Gasteiger partial charge < -0.3 is 19.8 Å². The SMILES string of the molecule is CC(=O)N1c2ccc(-c3ccc(C(=O)N4C[C@H]5CCN(C)[C@H]5C4)cc3)cc2N(C(=O)O)C[C@@H]1C. The Kier molecular flexibility index (Phi) is 5.56. The lowest BCUT2D eigenvalue weighted by atomic mass is 9.99. The van der Waals surface area contributed by atoms with E-state index in [9.17, 15) is 19.5 Å². The highest BCUT2D eigenvalue weighted by Crippen LogP contribution is 2.39. The van der Waals surface area contributed by atoms with E-state index in [1.165, 1.54) is 11.8 Å². The monoisotopic (exact) mass is 462 g/mol. The number of likely N-dealkylation sites (tertiary alicyclic amines) is 2. The Morgan fingerprint density at radius 3 is 2.29 bits per heavy atom. The normalized spacial score (nSPS) is 24.2. The summed E-state index contributed by atoms with van der Waals surface area (Å²) in [7, 11) is 2.13. The number of carboxylic acid groups (broad SMARTS) is 1. The quantitative estimate of drug-likeness (QED) is 0.740. The number of carbonyl (C=O) groups is 3. The number of anilines is 2. The van der Waals surface area contributed by atoms with Gasteiger partial charge in [0.1, 0.15) is 0 Å². The fraction of sp³-hybridized carbons (Fsp3) is 0.423. The number of hydrogen-bond acceptors (Lipinski definition) is 4. The molecule has 8 heteroatoms. The van der Waals surface area contributed by atoms with Crippen LogP contribution in [0.1, 0.15) is 30.6 Å². The summed E-state index contributed by atoms with van der Waals surface area (Å²) in [5.74, 6) is 0.507. The number of benzene rings is 2. The first-order chi connectivity index (χ1) is 16.2. The van der Waals surface area contributed by atoms with Crippen molar-refractivity contribution in [1.82, 2.24) is 9.80 Å². The van der Waals surface area contributed by atoms with E-state index in [4.69, 9.17) is 0 Å². The van der Waals surface area contributed by atoms with Gasteiger partial charge in [0.2, 0.25) is 5.91 Å². The van der Waals surface area contributed by atoms with Gasteiger partial charge in [-0.3, -0.25) is 14.5 Å².